The van der Waals surface area contributed by atoms with Gasteiger partial charge in [-0.2, -0.15) is 18.4 Å². The van der Waals surface area contributed by atoms with Crippen LogP contribution in [0.25, 0.3) is 0 Å². The van der Waals surface area contributed by atoms with Gasteiger partial charge in [-0.3, -0.25) is 9.69 Å². The Morgan fingerprint density at radius 2 is 1.84 bits per heavy atom. The van der Waals surface area contributed by atoms with Crippen LogP contribution >= 0.6 is 0 Å². The summed E-state index contributed by atoms with van der Waals surface area (Å²) in [4.78, 5) is 43.3. The number of urea groups is 1. The van der Waals surface area contributed by atoms with Crippen LogP contribution in [0.5, 0.6) is 0 Å². The van der Waals surface area contributed by atoms with Crippen LogP contribution in [0.1, 0.15) is 46.9 Å². The number of amides is 3. The molecule has 1 unspecified atom stereocenters. The zero-order valence-corrected chi connectivity index (χ0v) is 20.9. The third-order valence-corrected chi connectivity index (χ3v) is 5.92. The maximum Gasteiger partial charge on any atom is 0.416 e. The van der Waals surface area contributed by atoms with E-state index in [9.17, 15) is 32.8 Å². The molecule has 3 amide bonds. The number of nitriles is 1. The highest BCUT2D eigenvalue weighted by Gasteiger charge is 2.43. The summed E-state index contributed by atoms with van der Waals surface area (Å²) in [6.07, 6.45) is -4.64. The average Bonchev–Trinajstić information content (AvgIpc) is 2.85. The first-order valence-corrected chi connectivity index (χ1v) is 11.2. The van der Waals surface area contributed by atoms with Gasteiger partial charge in [0.15, 0.2) is 0 Å². The molecule has 0 N–H and O–H groups in total. The quantitative estimate of drug-likeness (QED) is 0.538. The Bertz CT molecular complexity index is 1330. The number of anilines is 1. The van der Waals surface area contributed by atoms with Crippen molar-refractivity contribution < 1.29 is 32.3 Å². The summed E-state index contributed by atoms with van der Waals surface area (Å²) in [7, 11) is 4.41. The molecule has 2 aromatic carbocycles. The molecule has 194 valence electrons. The van der Waals surface area contributed by atoms with Crippen molar-refractivity contribution in [2.24, 2.45) is 0 Å². The van der Waals surface area contributed by atoms with E-state index >= 15 is 0 Å². The zero-order valence-electron chi connectivity index (χ0n) is 20.9. The number of hydrogen-bond acceptors (Lipinski definition) is 5. The van der Waals surface area contributed by atoms with Crippen LogP contribution in [0, 0.1) is 11.3 Å². The van der Waals surface area contributed by atoms with E-state index in [1.54, 1.807) is 6.92 Å². The highest BCUT2D eigenvalue weighted by molar-refractivity contribution is 6.04. The predicted octanol–water partition coefficient (Wildman–Crippen LogP) is 4.73. The van der Waals surface area contributed by atoms with E-state index in [0.717, 1.165) is 21.9 Å². The van der Waals surface area contributed by atoms with Crippen molar-refractivity contribution in [2.75, 3.05) is 32.6 Å². The first-order valence-electron chi connectivity index (χ1n) is 11.2. The topological polar surface area (TPSA) is 94.0 Å². The molecule has 2 aromatic rings. The fourth-order valence-corrected chi connectivity index (χ4v) is 4.17. The third-order valence-electron chi connectivity index (χ3n) is 5.92. The first-order chi connectivity index (χ1) is 17.3. The zero-order chi connectivity index (χ0) is 27.7. The minimum atomic E-state index is -4.64. The van der Waals surface area contributed by atoms with Crippen LogP contribution in [-0.2, 0) is 15.7 Å². The molecule has 1 aliphatic heterocycles. The maximum absolute atomic E-state index is 13.6. The van der Waals surface area contributed by atoms with Crippen molar-refractivity contribution in [1.29, 1.82) is 5.26 Å². The second-order valence-corrected chi connectivity index (χ2v) is 8.51. The van der Waals surface area contributed by atoms with Crippen molar-refractivity contribution in [3.8, 4) is 6.07 Å². The van der Waals surface area contributed by atoms with Crippen LogP contribution in [0.2, 0.25) is 0 Å². The fraction of sp³-hybridized carbons (Fsp3) is 0.308. The number of likely N-dealkylation sites (N-methyl/N-ethyl adjacent to an activating group) is 1. The van der Waals surface area contributed by atoms with E-state index in [0.29, 0.717) is 0 Å². The molecular formula is C26H25F3N4O4. The molecule has 1 aliphatic rings. The summed E-state index contributed by atoms with van der Waals surface area (Å²) in [5, 5.41) is 9.36. The summed E-state index contributed by atoms with van der Waals surface area (Å²) >= 11 is 0. The third kappa shape index (κ3) is 5.14. The van der Waals surface area contributed by atoms with Crippen LogP contribution in [-0.4, -0.2) is 55.5 Å². The largest absolute Gasteiger partial charge is 0.463 e. The number of esters is 1. The molecule has 1 heterocycles. The first kappa shape index (κ1) is 27.3. The molecule has 11 heteroatoms. The van der Waals surface area contributed by atoms with Gasteiger partial charge in [0.05, 0.1) is 41.1 Å². The molecule has 0 bridgehead atoms. The lowest BCUT2D eigenvalue weighted by atomic mass is 9.88. The van der Waals surface area contributed by atoms with E-state index in [4.69, 9.17) is 4.74 Å². The molecule has 0 spiro atoms. The van der Waals surface area contributed by atoms with Gasteiger partial charge in [0.1, 0.15) is 0 Å². The Morgan fingerprint density at radius 3 is 2.41 bits per heavy atom. The van der Waals surface area contributed by atoms with E-state index in [2.05, 4.69) is 0 Å². The van der Waals surface area contributed by atoms with Crippen LogP contribution < -0.4 is 4.90 Å². The molecular weight excluding hydrogens is 489 g/mol. The van der Waals surface area contributed by atoms with Crippen molar-refractivity contribution in [2.45, 2.75) is 26.1 Å². The van der Waals surface area contributed by atoms with Gasteiger partial charge in [-0.05, 0) is 49.7 Å². The normalized spacial score (nSPS) is 16.0. The van der Waals surface area contributed by atoms with Gasteiger partial charge in [-0.25, -0.2) is 9.59 Å². The highest BCUT2D eigenvalue weighted by Crippen LogP contribution is 2.41. The molecule has 0 saturated carbocycles. The Kier molecular flexibility index (Phi) is 7.62. The minimum absolute atomic E-state index is 0.000405. The van der Waals surface area contributed by atoms with Crippen molar-refractivity contribution in [1.82, 2.24) is 9.80 Å². The molecule has 0 saturated heterocycles. The molecule has 37 heavy (non-hydrogen) atoms. The van der Waals surface area contributed by atoms with Crippen LogP contribution in [0.4, 0.5) is 23.7 Å². The monoisotopic (exact) mass is 514 g/mol. The molecule has 0 radical (unpaired) electrons. The maximum atomic E-state index is 13.6. The van der Waals surface area contributed by atoms with Crippen molar-refractivity contribution in [3.63, 3.8) is 0 Å². The van der Waals surface area contributed by atoms with Crippen molar-refractivity contribution >= 4 is 23.6 Å². The number of alkyl halides is 3. The van der Waals surface area contributed by atoms with Gasteiger partial charge < -0.3 is 14.5 Å². The predicted molar refractivity (Wildman–Crippen MR) is 128 cm³/mol. The van der Waals surface area contributed by atoms with Gasteiger partial charge in [0.25, 0.3) is 5.91 Å². The fourth-order valence-electron chi connectivity index (χ4n) is 4.17. The molecule has 0 fully saturated rings. The molecule has 3 rings (SSSR count). The molecule has 0 aromatic heterocycles. The Labute approximate surface area is 212 Å². The number of benzene rings is 2. The lowest BCUT2D eigenvalue weighted by Crippen LogP contribution is -2.49. The van der Waals surface area contributed by atoms with Crippen LogP contribution in [0.15, 0.2) is 53.7 Å². The van der Waals surface area contributed by atoms with Gasteiger partial charge in [0.2, 0.25) is 0 Å². The number of allylic oxidation sites excluding steroid dienone is 1. The summed E-state index contributed by atoms with van der Waals surface area (Å²) in [5.74, 6) is -1.26. The lowest BCUT2D eigenvalue weighted by Gasteiger charge is -2.41. The summed E-state index contributed by atoms with van der Waals surface area (Å²) in [5.41, 5.74) is -0.469. The molecule has 0 aliphatic carbocycles. The van der Waals surface area contributed by atoms with Gasteiger partial charge in [0, 0.05) is 32.4 Å². The van der Waals surface area contributed by atoms with Gasteiger partial charge >= 0.3 is 18.2 Å². The van der Waals surface area contributed by atoms with E-state index in [1.807, 2.05) is 6.07 Å². The van der Waals surface area contributed by atoms with Gasteiger partial charge in [-0.1, -0.05) is 12.1 Å². The Morgan fingerprint density at radius 1 is 1.16 bits per heavy atom. The second kappa shape index (κ2) is 10.3. The number of halogens is 3. The summed E-state index contributed by atoms with van der Waals surface area (Å²) in [6, 6.07) is 8.64. The van der Waals surface area contributed by atoms with E-state index < -0.39 is 35.7 Å². The number of hydrogen-bond donors (Lipinski definition) is 0. The number of carbonyl (C=O) groups is 3. The van der Waals surface area contributed by atoms with Crippen LogP contribution in [0.3, 0.4) is 0 Å². The van der Waals surface area contributed by atoms with Crippen molar-refractivity contribution in [3.05, 3.63) is 76.0 Å². The SMILES string of the molecule is CCOC(=O)C1=C(C)N(c2cccc(C(F)(F)F)c2)C(=O)N(C)C1c1ccc(C#N)cc1C(=O)N(C)C. The summed E-state index contributed by atoms with van der Waals surface area (Å²) in [6.45, 7) is 3.02. The number of nitrogens with zero attached hydrogens (tertiary/aromatic N) is 4. The number of rotatable bonds is 5. The van der Waals surface area contributed by atoms with E-state index in [-0.39, 0.29) is 40.3 Å². The molecule has 8 nitrogen and oxygen atoms in total. The Hall–Kier alpha value is -4.33. The summed E-state index contributed by atoms with van der Waals surface area (Å²) < 4.78 is 45.4. The number of ether oxygens (including phenoxy) is 1. The van der Waals surface area contributed by atoms with E-state index in [1.165, 1.54) is 63.3 Å². The second-order valence-electron chi connectivity index (χ2n) is 8.51. The standard InChI is InChI=1S/C26H25F3N4O4/c1-6-37-24(35)21-15(2)33(18-9-7-8-17(13-18)26(27,28)29)25(36)32(5)22(21)19-11-10-16(14-30)12-20(19)23(34)31(3)4/h7-13,22H,6H2,1-5H3. The molecule has 1 atom stereocenters. The number of carbonyl (C=O) groups excluding carboxylic acids is 3. The average molecular weight is 515 g/mol. The van der Waals surface area contributed by atoms with Gasteiger partial charge in [-0.15, -0.1) is 0 Å². The Balaban J connectivity index is 2.31. The lowest BCUT2D eigenvalue weighted by molar-refractivity contribution is -0.139. The highest BCUT2D eigenvalue weighted by atomic mass is 19.4. The smallest absolute Gasteiger partial charge is 0.416 e. The minimum Gasteiger partial charge on any atom is -0.463 e.